The van der Waals surface area contributed by atoms with Crippen molar-refractivity contribution in [2.75, 3.05) is 79.2 Å². The maximum absolute atomic E-state index is 11.7. The fourth-order valence-electron chi connectivity index (χ4n) is 1.57. The van der Waals surface area contributed by atoms with E-state index in [0.717, 1.165) is 6.54 Å². The number of likely N-dealkylation sites (N-methyl/N-ethyl adjacent to an activating group) is 1. The first-order valence-electron chi connectivity index (χ1n) is 8.79. The SMILES string of the molecule is CNCCOCCOCCOCCOCCC(=O)NCC(C)(C)SC. The number of amides is 1. The Hall–Kier alpha value is -0.380. The number of carbonyl (C=O) groups excluding carboxylic acids is 1. The Kier molecular flexibility index (Phi) is 16.8. The largest absolute Gasteiger partial charge is 0.379 e. The molecule has 0 atom stereocenters. The molecule has 150 valence electrons. The Balaban J connectivity index is 3.22. The van der Waals surface area contributed by atoms with E-state index in [1.165, 1.54) is 0 Å². The third-order valence-corrected chi connectivity index (χ3v) is 4.60. The number of rotatable bonds is 18. The Morgan fingerprint density at radius 3 is 1.84 bits per heavy atom. The van der Waals surface area contributed by atoms with Gasteiger partial charge in [-0.1, -0.05) is 0 Å². The fourth-order valence-corrected chi connectivity index (χ4v) is 1.79. The predicted molar refractivity (Wildman–Crippen MR) is 102 cm³/mol. The van der Waals surface area contributed by atoms with Crippen LogP contribution in [0.4, 0.5) is 0 Å². The molecule has 1 amide bonds. The van der Waals surface area contributed by atoms with Crippen LogP contribution >= 0.6 is 11.8 Å². The lowest BCUT2D eigenvalue weighted by Crippen LogP contribution is -2.36. The van der Waals surface area contributed by atoms with Crippen LogP contribution in [0.25, 0.3) is 0 Å². The van der Waals surface area contributed by atoms with Gasteiger partial charge in [-0.15, -0.1) is 0 Å². The Morgan fingerprint density at radius 1 is 0.880 bits per heavy atom. The highest BCUT2D eigenvalue weighted by atomic mass is 32.2. The van der Waals surface area contributed by atoms with Gasteiger partial charge in [0.15, 0.2) is 0 Å². The van der Waals surface area contributed by atoms with Crippen LogP contribution in [0.1, 0.15) is 20.3 Å². The topological polar surface area (TPSA) is 78.1 Å². The molecule has 0 bridgehead atoms. The number of thioether (sulfide) groups is 1. The lowest BCUT2D eigenvalue weighted by Gasteiger charge is -2.22. The third kappa shape index (κ3) is 18.2. The molecule has 25 heavy (non-hydrogen) atoms. The summed E-state index contributed by atoms with van der Waals surface area (Å²) in [4.78, 5) is 11.7. The first-order chi connectivity index (χ1) is 12.0. The van der Waals surface area contributed by atoms with E-state index in [4.69, 9.17) is 18.9 Å². The van der Waals surface area contributed by atoms with Crippen LogP contribution in [0.2, 0.25) is 0 Å². The zero-order valence-electron chi connectivity index (χ0n) is 16.2. The van der Waals surface area contributed by atoms with Crippen molar-refractivity contribution in [2.45, 2.75) is 25.0 Å². The lowest BCUT2D eigenvalue weighted by atomic mass is 10.2. The third-order valence-electron chi connectivity index (χ3n) is 3.35. The average molecular weight is 381 g/mol. The lowest BCUT2D eigenvalue weighted by molar-refractivity contribution is -0.122. The van der Waals surface area contributed by atoms with E-state index in [9.17, 15) is 4.79 Å². The second kappa shape index (κ2) is 17.1. The summed E-state index contributed by atoms with van der Waals surface area (Å²) in [6.45, 7) is 10.1. The van der Waals surface area contributed by atoms with Gasteiger partial charge in [-0.25, -0.2) is 0 Å². The van der Waals surface area contributed by atoms with Gasteiger partial charge in [-0.3, -0.25) is 4.79 Å². The van der Waals surface area contributed by atoms with Gasteiger partial charge < -0.3 is 29.6 Å². The van der Waals surface area contributed by atoms with Gasteiger partial charge in [0, 0.05) is 24.3 Å². The van der Waals surface area contributed by atoms with E-state index in [1.807, 2.05) is 13.3 Å². The summed E-state index contributed by atoms with van der Waals surface area (Å²) >= 11 is 1.74. The van der Waals surface area contributed by atoms with Gasteiger partial charge in [0.1, 0.15) is 0 Å². The van der Waals surface area contributed by atoms with Crippen molar-refractivity contribution in [3.05, 3.63) is 0 Å². The van der Waals surface area contributed by atoms with Gasteiger partial charge in [-0.05, 0) is 27.2 Å². The zero-order chi connectivity index (χ0) is 18.8. The Bertz CT molecular complexity index is 319. The number of hydrogen-bond acceptors (Lipinski definition) is 7. The van der Waals surface area contributed by atoms with Gasteiger partial charge in [0.25, 0.3) is 0 Å². The van der Waals surface area contributed by atoms with Crippen LogP contribution < -0.4 is 10.6 Å². The fraction of sp³-hybridized carbons (Fsp3) is 0.941. The molecule has 0 aromatic heterocycles. The maximum Gasteiger partial charge on any atom is 0.222 e. The number of nitrogens with one attached hydrogen (secondary N) is 2. The summed E-state index contributed by atoms with van der Waals surface area (Å²) in [5.41, 5.74) is 0. The molecular formula is C17H36N2O5S. The van der Waals surface area contributed by atoms with Crippen molar-refractivity contribution >= 4 is 17.7 Å². The second-order valence-electron chi connectivity index (χ2n) is 6.04. The summed E-state index contributed by atoms with van der Waals surface area (Å²) in [5, 5.41) is 5.93. The Morgan fingerprint density at radius 2 is 1.36 bits per heavy atom. The molecule has 0 rings (SSSR count). The second-order valence-corrected chi connectivity index (χ2v) is 7.56. The minimum absolute atomic E-state index is 0.0216. The molecule has 0 aliphatic rings. The molecule has 0 aliphatic heterocycles. The molecule has 0 saturated heterocycles. The number of hydrogen-bond donors (Lipinski definition) is 2. The monoisotopic (exact) mass is 380 g/mol. The highest BCUT2D eigenvalue weighted by Crippen LogP contribution is 2.19. The van der Waals surface area contributed by atoms with Gasteiger partial charge in [0.05, 0.1) is 52.9 Å². The van der Waals surface area contributed by atoms with Crippen LogP contribution in [0.15, 0.2) is 0 Å². The van der Waals surface area contributed by atoms with Crippen LogP contribution in [-0.2, 0) is 23.7 Å². The molecule has 7 nitrogen and oxygen atoms in total. The van der Waals surface area contributed by atoms with Gasteiger partial charge in [0.2, 0.25) is 5.91 Å². The van der Waals surface area contributed by atoms with Crippen molar-refractivity contribution in [3.8, 4) is 0 Å². The molecule has 0 saturated carbocycles. The van der Waals surface area contributed by atoms with Crippen LogP contribution in [0.5, 0.6) is 0 Å². The van der Waals surface area contributed by atoms with Crippen molar-refractivity contribution in [3.63, 3.8) is 0 Å². The minimum atomic E-state index is 0.0216. The molecule has 0 radical (unpaired) electrons. The van der Waals surface area contributed by atoms with E-state index in [0.29, 0.717) is 65.8 Å². The van der Waals surface area contributed by atoms with E-state index in [2.05, 4.69) is 24.5 Å². The standard InChI is InChI=1S/C17H36N2O5S/c1-17(2,25-4)15-19-16(20)5-7-21-9-11-23-13-14-24-12-10-22-8-6-18-3/h18H,5-15H2,1-4H3,(H,19,20). The highest BCUT2D eigenvalue weighted by Gasteiger charge is 2.16. The molecule has 0 aliphatic carbocycles. The van der Waals surface area contributed by atoms with Crippen LogP contribution in [0.3, 0.4) is 0 Å². The van der Waals surface area contributed by atoms with E-state index in [-0.39, 0.29) is 10.7 Å². The van der Waals surface area contributed by atoms with Crippen molar-refractivity contribution < 1.29 is 23.7 Å². The van der Waals surface area contributed by atoms with E-state index < -0.39 is 0 Å². The summed E-state index contributed by atoms with van der Waals surface area (Å²) in [6.07, 6.45) is 2.42. The number of ether oxygens (including phenoxy) is 4. The van der Waals surface area contributed by atoms with Gasteiger partial charge >= 0.3 is 0 Å². The summed E-state index contributed by atoms with van der Waals surface area (Å²) in [7, 11) is 1.89. The average Bonchev–Trinajstić information content (AvgIpc) is 2.60. The Labute approximate surface area is 156 Å². The molecule has 0 spiro atoms. The highest BCUT2D eigenvalue weighted by molar-refractivity contribution is 7.99. The molecule has 0 aromatic carbocycles. The van der Waals surface area contributed by atoms with Crippen molar-refractivity contribution in [1.29, 1.82) is 0 Å². The quantitative estimate of drug-likeness (QED) is 0.342. The van der Waals surface area contributed by atoms with Crippen LogP contribution in [0, 0.1) is 0 Å². The molecule has 0 heterocycles. The summed E-state index contributed by atoms with van der Waals surface area (Å²) < 4.78 is 21.5. The zero-order valence-corrected chi connectivity index (χ0v) is 17.0. The summed E-state index contributed by atoms with van der Waals surface area (Å²) in [6, 6.07) is 0. The van der Waals surface area contributed by atoms with Crippen molar-refractivity contribution in [2.24, 2.45) is 0 Å². The first kappa shape index (κ1) is 24.6. The molecule has 0 fully saturated rings. The number of carbonyl (C=O) groups is 1. The normalized spacial score (nSPS) is 11.7. The smallest absolute Gasteiger partial charge is 0.222 e. The van der Waals surface area contributed by atoms with E-state index >= 15 is 0 Å². The first-order valence-corrected chi connectivity index (χ1v) is 10.0. The van der Waals surface area contributed by atoms with Crippen LogP contribution in [-0.4, -0.2) is 89.9 Å². The molecule has 2 N–H and O–H groups in total. The van der Waals surface area contributed by atoms with Gasteiger partial charge in [-0.2, -0.15) is 11.8 Å². The van der Waals surface area contributed by atoms with E-state index in [1.54, 1.807) is 11.8 Å². The predicted octanol–water partition coefficient (Wildman–Crippen LogP) is 0.920. The summed E-state index contributed by atoms with van der Waals surface area (Å²) in [5.74, 6) is 0.0216. The molecule has 0 unspecified atom stereocenters. The molecular weight excluding hydrogens is 344 g/mol. The van der Waals surface area contributed by atoms with Crippen molar-refractivity contribution in [1.82, 2.24) is 10.6 Å². The maximum atomic E-state index is 11.7. The molecule has 8 heteroatoms. The molecule has 0 aromatic rings. The minimum Gasteiger partial charge on any atom is -0.379 e.